The number of amides is 1. The minimum Gasteiger partial charge on any atom is -0.322 e. The lowest BCUT2D eigenvalue weighted by atomic mass is 10.1. The minimum atomic E-state index is -0.761. The quantitative estimate of drug-likeness (QED) is 0.775. The van der Waals surface area contributed by atoms with Gasteiger partial charge in [-0.15, -0.1) is 0 Å². The average molecular weight is 212 g/mol. The average Bonchev–Trinajstić information content (AvgIpc) is 2.07. The van der Waals surface area contributed by atoms with Crippen LogP contribution in [-0.2, 0) is 4.79 Å². The van der Waals surface area contributed by atoms with Gasteiger partial charge in [-0.1, -0.05) is 0 Å². The maximum absolute atomic E-state index is 13.1. The maximum atomic E-state index is 13.1. The zero-order chi connectivity index (χ0) is 10.8. The summed E-state index contributed by atoms with van der Waals surface area (Å²) in [6.45, 7) is 0.796. The summed E-state index contributed by atoms with van der Waals surface area (Å²) < 4.78 is 25.7. The molecule has 0 saturated carbocycles. The van der Waals surface area contributed by atoms with E-state index in [1.165, 1.54) is 6.07 Å². The summed E-state index contributed by atoms with van der Waals surface area (Å²) in [7, 11) is 0. The van der Waals surface area contributed by atoms with Gasteiger partial charge in [0.25, 0.3) is 0 Å². The van der Waals surface area contributed by atoms with E-state index in [9.17, 15) is 13.6 Å². The van der Waals surface area contributed by atoms with Crippen LogP contribution in [0.15, 0.2) is 18.2 Å². The fraction of sp³-hybridized carbons (Fsp3) is 0.300. The Bertz CT molecular complexity index is 391. The lowest BCUT2D eigenvalue weighted by Crippen LogP contribution is -2.50. The Labute approximate surface area is 85.5 Å². The van der Waals surface area contributed by atoms with Gasteiger partial charge < -0.3 is 10.6 Å². The van der Waals surface area contributed by atoms with Crippen molar-refractivity contribution in [2.45, 2.75) is 12.5 Å². The van der Waals surface area contributed by atoms with E-state index < -0.39 is 11.6 Å². The van der Waals surface area contributed by atoms with Crippen LogP contribution in [0, 0.1) is 11.6 Å². The molecule has 1 fully saturated rings. The maximum Gasteiger partial charge on any atom is 0.241 e. The highest BCUT2D eigenvalue weighted by Crippen LogP contribution is 2.16. The van der Waals surface area contributed by atoms with E-state index in [-0.39, 0.29) is 17.6 Å². The molecule has 80 valence electrons. The van der Waals surface area contributed by atoms with Gasteiger partial charge >= 0.3 is 0 Å². The highest BCUT2D eigenvalue weighted by Gasteiger charge is 2.24. The van der Waals surface area contributed by atoms with Crippen molar-refractivity contribution in [2.24, 2.45) is 0 Å². The molecule has 15 heavy (non-hydrogen) atoms. The molecule has 0 aromatic heterocycles. The molecule has 1 aromatic rings. The molecule has 1 aliphatic rings. The third-order valence-corrected chi connectivity index (χ3v) is 2.33. The summed E-state index contributed by atoms with van der Waals surface area (Å²) in [5.74, 6) is -1.71. The van der Waals surface area contributed by atoms with Crippen LogP contribution in [0.25, 0.3) is 0 Å². The van der Waals surface area contributed by atoms with E-state index >= 15 is 0 Å². The Hall–Kier alpha value is -1.49. The van der Waals surface area contributed by atoms with Gasteiger partial charge in [-0.25, -0.2) is 8.78 Å². The number of rotatable bonds is 2. The van der Waals surface area contributed by atoms with E-state index in [1.807, 2.05) is 0 Å². The first kappa shape index (κ1) is 10.0. The summed E-state index contributed by atoms with van der Waals surface area (Å²) >= 11 is 0. The monoisotopic (exact) mass is 212 g/mol. The van der Waals surface area contributed by atoms with Gasteiger partial charge in [0.2, 0.25) is 5.91 Å². The van der Waals surface area contributed by atoms with Crippen molar-refractivity contribution in [3.05, 3.63) is 29.8 Å². The number of halogens is 2. The molecular weight excluding hydrogens is 202 g/mol. The lowest BCUT2D eigenvalue weighted by Gasteiger charge is -2.26. The van der Waals surface area contributed by atoms with E-state index in [1.54, 1.807) is 0 Å². The fourth-order valence-corrected chi connectivity index (χ4v) is 1.32. The summed E-state index contributed by atoms with van der Waals surface area (Å²) in [5.41, 5.74) is 0.00935. The first-order valence-corrected chi connectivity index (χ1v) is 4.66. The van der Waals surface area contributed by atoms with Crippen molar-refractivity contribution in [1.29, 1.82) is 0 Å². The molecule has 0 radical (unpaired) electrons. The lowest BCUT2D eigenvalue weighted by molar-refractivity contribution is -0.119. The Morgan fingerprint density at radius 1 is 1.47 bits per heavy atom. The first-order chi connectivity index (χ1) is 7.16. The van der Waals surface area contributed by atoms with E-state index in [0.717, 1.165) is 25.1 Å². The van der Waals surface area contributed by atoms with Gasteiger partial charge in [0.05, 0.1) is 11.7 Å². The number of benzene rings is 1. The second-order valence-electron chi connectivity index (χ2n) is 3.41. The van der Waals surface area contributed by atoms with Gasteiger partial charge in [-0.2, -0.15) is 0 Å². The highest BCUT2D eigenvalue weighted by molar-refractivity contribution is 5.95. The standard InChI is InChI=1S/C10H10F2N2O/c11-6-1-2-8(7(12)5-6)14-10(15)9-3-4-13-9/h1-2,5,9,13H,3-4H2,(H,14,15)/t9-/m1/s1. The second-order valence-corrected chi connectivity index (χ2v) is 3.41. The second kappa shape index (κ2) is 3.94. The summed E-state index contributed by atoms with van der Waals surface area (Å²) in [6.07, 6.45) is 0.745. The third-order valence-electron chi connectivity index (χ3n) is 2.33. The van der Waals surface area contributed by atoms with Gasteiger partial charge in [-0.05, 0) is 25.1 Å². The molecule has 5 heteroatoms. The number of hydrogen-bond donors (Lipinski definition) is 2. The number of nitrogens with one attached hydrogen (secondary N) is 2. The van der Waals surface area contributed by atoms with Crippen LogP contribution in [0.5, 0.6) is 0 Å². The first-order valence-electron chi connectivity index (χ1n) is 4.66. The van der Waals surface area contributed by atoms with Crippen LogP contribution in [-0.4, -0.2) is 18.5 Å². The van der Waals surface area contributed by atoms with Crippen LogP contribution in [0.2, 0.25) is 0 Å². The summed E-state index contributed by atoms with van der Waals surface area (Å²) in [6, 6.07) is 2.80. The van der Waals surface area contributed by atoms with E-state index in [0.29, 0.717) is 0 Å². The summed E-state index contributed by atoms with van der Waals surface area (Å²) in [4.78, 5) is 11.4. The Morgan fingerprint density at radius 3 is 2.73 bits per heavy atom. The Morgan fingerprint density at radius 2 is 2.20 bits per heavy atom. The van der Waals surface area contributed by atoms with E-state index in [4.69, 9.17) is 0 Å². The topological polar surface area (TPSA) is 41.1 Å². The molecule has 1 saturated heterocycles. The highest BCUT2D eigenvalue weighted by atomic mass is 19.1. The van der Waals surface area contributed by atoms with Crippen molar-refractivity contribution >= 4 is 11.6 Å². The molecule has 2 rings (SSSR count). The van der Waals surface area contributed by atoms with Gasteiger partial charge in [0.15, 0.2) is 0 Å². The number of anilines is 1. The zero-order valence-corrected chi connectivity index (χ0v) is 7.89. The van der Waals surface area contributed by atoms with Crippen LogP contribution in [0.3, 0.4) is 0 Å². The largest absolute Gasteiger partial charge is 0.322 e. The normalized spacial score (nSPS) is 19.5. The molecule has 1 atom stereocenters. The minimum absolute atomic E-state index is 0.00935. The SMILES string of the molecule is O=C(Nc1ccc(F)cc1F)[C@H]1CCN1. The van der Waals surface area contributed by atoms with Gasteiger partial charge in [0, 0.05) is 6.07 Å². The summed E-state index contributed by atoms with van der Waals surface area (Å²) in [5, 5.41) is 5.28. The van der Waals surface area contributed by atoms with Crippen molar-refractivity contribution in [3.8, 4) is 0 Å². The predicted octanol–water partition coefficient (Wildman–Crippen LogP) is 1.27. The van der Waals surface area contributed by atoms with Crippen LogP contribution in [0.4, 0.5) is 14.5 Å². The predicted molar refractivity (Wildman–Crippen MR) is 51.4 cm³/mol. The van der Waals surface area contributed by atoms with Crippen LogP contribution >= 0.6 is 0 Å². The van der Waals surface area contributed by atoms with E-state index in [2.05, 4.69) is 10.6 Å². The zero-order valence-electron chi connectivity index (χ0n) is 7.89. The molecule has 2 N–H and O–H groups in total. The van der Waals surface area contributed by atoms with Crippen molar-refractivity contribution in [1.82, 2.24) is 5.32 Å². The molecule has 1 aliphatic heterocycles. The molecular formula is C10H10F2N2O. The fourth-order valence-electron chi connectivity index (χ4n) is 1.32. The molecule has 0 unspecified atom stereocenters. The molecule has 0 aliphatic carbocycles. The van der Waals surface area contributed by atoms with Crippen molar-refractivity contribution in [2.75, 3.05) is 11.9 Å². The molecule has 1 amide bonds. The molecule has 3 nitrogen and oxygen atoms in total. The van der Waals surface area contributed by atoms with Crippen LogP contribution in [0.1, 0.15) is 6.42 Å². The van der Waals surface area contributed by atoms with Gasteiger partial charge in [0.1, 0.15) is 11.6 Å². The molecule has 0 bridgehead atoms. The number of hydrogen-bond acceptors (Lipinski definition) is 2. The number of carbonyl (C=O) groups excluding carboxylic acids is 1. The molecule has 1 aromatic carbocycles. The van der Waals surface area contributed by atoms with Crippen LogP contribution < -0.4 is 10.6 Å². The third kappa shape index (κ3) is 2.12. The Balaban J connectivity index is 2.06. The van der Waals surface area contributed by atoms with Crippen molar-refractivity contribution in [3.63, 3.8) is 0 Å². The number of carbonyl (C=O) groups is 1. The molecule has 1 heterocycles. The van der Waals surface area contributed by atoms with Gasteiger partial charge in [-0.3, -0.25) is 4.79 Å². The van der Waals surface area contributed by atoms with Crippen molar-refractivity contribution < 1.29 is 13.6 Å². The Kier molecular flexibility index (Phi) is 2.64. The molecule has 0 spiro atoms. The smallest absolute Gasteiger partial charge is 0.241 e.